The number of carbonyl (C=O) groups is 2. The molecule has 7 nitrogen and oxygen atoms in total. The van der Waals surface area contributed by atoms with E-state index in [1.54, 1.807) is 19.1 Å². The Morgan fingerprint density at radius 1 is 1.14 bits per heavy atom. The van der Waals surface area contributed by atoms with Crippen LogP contribution < -0.4 is 9.62 Å². The summed E-state index contributed by atoms with van der Waals surface area (Å²) in [6, 6.07) is 9.84. The van der Waals surface area contributed by atoms with Crippen molar-refractivity contribution in [1.82, 2.24) is 0 Å². The zero-order chi connectivity index (χ0) is 20.9. The third-order valence-electron chi connectivity index (χ3n) is 3.85. The van der Waals surface area contributed by atoms with E-state index < -0.39 is 33.8 Å². The van der Waals surface area contributed by atoms with Crippen LogP contribution in [0.1, 0.15) is 24.2 Å². The van der Waals surface area contributed by atoms with Gasteiger partial charge in [-0.15, -0.1) is 0 Å². The number of ether oxygens (including phenoxy) is 1. The summed E-state index contributed by atoms with van der Waals surface area (Å²) in [6.45, 7) is 3.23. The predicted octanol–water partition coefficient (Wildman–Crippen LogP) is 2.80. The van der Waals surface area contributed by atoms with Gasteiger partial charge in [0.1, 0.15) is 11.9 Å². The maximum Gasteiger partial charge on any atom is 0.340 e. The van der Waals surface area contributed by atoms with Gasteiger partial charge in [0.25, 0.3) is 0 Å². The highest BCUT2D eigenvalue weighted by atomic mass is 32.2. The Balaban J connectivity index is 2.32. The van der Waals surface area contributed by atoms with Crippen LogP contribution in [0.5, 0.6) is 0 Å². The van der Waals surface area contributed by atoms with Crippen molar-refractivity contribution in [2.45, 2.75) is 19.9 Å². The van der Waals surface area contributed by atoms with Crippen LogP contribution in [0.25, 0.3) is 0 Å². The van der Waals surface area contributed by atoms with Crippen LogP contribution >= 0.6 is 0 Å². The maximum absolute atomic E-state index is 13.2. The molecule has 1 unspecified atom stereocenters. The largest absolute Gasteiger partial charge is 0.462 e. The van der Waals surface area contributed by atoms with Gasteiger partial charge in [-0.1, -0.05) is 12.1 Å². The minimum absolute atomic E-state index is 0.144. The molecule has 2 aromatic carbocycles. The van der Waals surface area contributed by atoms with Crippen LogP contribution in [0.2, 0.25) is 0 Å². The summed E-state index contributed by atoms with van der Waals surface area (Å²) in [5.41, 5.74) is 0.494. The molecule has 0 aromatic heterocycles. The third-order valence-corrected chi connectivity index (χ3v) is 5.09. The van der Waals surface area contributed by atoms with Gasteiger partial charge >= 0.3 is 5.97 Å². The molecule has 0 radical (unpaired) electrons. The molecule has 0 heterocycles. The first kappa shape index (κ1) is 21.4. The zero-order valence-electron chi connectivity index (χ0n) is 15.7. The van der Waals surface area contributed by atoms with Gasteiger partial charge in [0.2, 0.25) is 15.9 Å². The first-order valence-electron chi connectivity index (χ1n) is 8.47. The Bertz CT molecular complexity index is 961. The molecule has 0 saturated heterocycles. The standard InChI is InChI=1S/C19H21FN2O5S/c1-4-27-19(24)16-7-5-6-8-17(16)21-18(23)13(2)22(28(3,25)26)15-11-9-14(20)10-12-15/h5-13H,4H2,1-3H3,(H,21,23). The second kappa shape index (κ2) is 8.83. The molecule has 1 atom stereocenters. The van der Waals surface area contributed by atoms with Gasteiger partial charge in [0.15, 0.2) is 0 Å². The molecule has 1 N–H and O–H groups in total. The summed E-state index contributed by atoms with van der Waals surface area (Å²) >= 11 is 0. The Morgan fingerprint density at radius 2 is 1.75 bits per heavy atom. The molecule has 0 aliphatic heterocycles. The van der Waals surface area contributed by atoms with Crippen LogP contribution in [0.4, 0.5) is 15.8 Å². The van der Waals surface area contributed by atoms with Crippen LogP contribution in [0, 0.1) is 5.82 Å². The van der Waals surface area contributed by atoms with E-state index in [1.807, 2.05) is 0 Å². The summed E-state index contributed by atoms with van der Waals surface area (Å²) < 4.78 is 43.5. The third kappa shape index (κ3) is 5.07. The number of amides is 1. The first-order chi connectivity index (χ1) is 13.1. The fourth-order valence-corrected chi connectivity index (χ4v) is 3.79. The fraction of sp³-hybridized carbons (Fsp3) is 0.263. The lowest BCUT2D eigenvalue weighted by atomic mass is 10.1. The molecule has 2 rings (SSSR count). The van der Waals surface area contributed by atoms with Crippen molar-refractivity contribution in [3.63, 3.8) is 0 Å². The van der Waals surface area contributed by atoms with Gasteiger partial charge in [0.05, 0.1) is 29.8 Å². The molecular weight excluding hydrogens is 387 g/mol. The Kier molecular flexibility index (Phi) is 6.74. The van der Waals surface area contributed by atoms with Crippen molar-refractivity contribution in [2.24, 2.45) is 0 Å². The number of carbonyl (C=O) groups excluding carboxylic acids is 2. The molecule has 0 spiro atoms. The van der Waals surface area contributed by atoms with Crippen molar-refractivity contribution < 1.29 is 27.1 Å². The molecule has 28 heavy (non-hydrogen) atoms. The van der Waals surface area contributed by atoms with Gasteiger partial charge in [0, 0.05) is 0 Å². The maximum atomic E-state index is 13.2. The highest BCUT2D eigenvalue weighted by Gasteiger charge is 2.30. The highest BCUT2D eigenvalue weighted by Crippen LogP contribution is 2.23. The number of nitrogens with one attached hydrogen (secondary N) is 1. The lowest BCUT2D eigenvalue weighted by Crippen LogP contribution is -2.45. The van der Waals surface area contributed by atoms with E-state index in [0.717, 1.165) is 22.7 Å². The number of benzene rings is 2. The fourth-order valence-electron chi connectivity index (χ4n) is 2.61. The van der Waals surface area contributed by atoms with E-state index in [1.165, 1.54) is 31.2 Å². The number of hydrogen-bond acceptors (Lipinski definition) is 5. The second-order valence-electron chi connectivity index (χ2n) is 5.97. The Labute approximate surface area is 163 Å². The summed E-state index contributed by atoms with van der Waals surface area (Å²) in [5, 5.41) is 2.56. The summed E-state index contributed by atoms with van der Waals surface area (Å²) in [5.74, 6) is -1.80. The number of esters is 1. The molecule has 0 aliphatic rings. The molecule has 0 saturated carbocycles. The number of para-hydroxylation sites is 1. The topological polar surface area (TPSA) is 92.8 Å². The predicted molar refractivity (Wildman–Crippen MR) is 104 cm³/mol. The van der Waals surface area contributed by atoms with Crippen molar-refractivity contribution in [3.05, 3.63) is 59.9 Å². The summed E-state index contributed by atoms with van der Waals surface area (Å²) in [6.07, 6.45) is 0.951. The second-order valence-corrected chi connectivity index (χ2v) is 7.83. The molecule has 150 valence electrons. The van der Waals surface area contributed by atoms with E-state index in [-0.39, 0.29) is 23.5 Å². The van der Waals surface area contributed by atoms with Crippen molar-refractivity contribution in [1.29, 1.82) is 0 Å². The molecule has 1 amide bonds. The van der Waals surface area contributed by atoms with Crippen molar-refractivity contribution in [3.8, 4) is 0 Å². The van der Waals surface area contributed by atoms with Gasteiger partial charge in [-0.25, -0.2) is 17.6 Å². The number of sulfonamides is 1. The van der Waals surface area contributed by atoms with E-state index in [9.17, 15) is 22.4 Å². The molecule has 0 aliphatic carbocycles. The van der Waals surface area contributed by atoms with Crippen LogP contribution in [0.3, 0.4) is 0 Å². The number of anilines is 2. The van der Waals surface area contributed by atoms with Crippen LogP contribution in [-0.2, 0) is 19.6 Å². The zero-order valence-corrected chi connectivity index (χ0v) is 16.5. The van der Waals surface area contributed by atoms with E-state index in [0.29, 0.717) is 0 Å². The quantitative estimate of drug-likeness (QED) is 0.711. The van der Waals surface area contributed by atoms with Crippen LogP contribution in [-0.4, -0.2) is 39.2 Å². The minimum atomic E-state index is -3.84. The van der Waals surface area contributed by atoms with Crippen molar-refractivity contribution >= 4 is 33.3 Å². The number of nitrogens with zero attached hydrogens (tertiary/aromatic N) is 1. The minimum Gasteiger partial charge on any atom is -0.462 e. The summed E-state index contributed by atoms with van der Waals surface area (Å²) in [7, 11) is -3.84. The number of halogens is 1. The van der Waals surface area contributed by atoms with E-state index >= 15 is 0 Å². The number of rotatable bonds is 7. The molecular formula is C19H21FN2O5S. The van der Waals surface area contributed by atoms with Gasteiger partial charge in [-0.3, -0.25) is 9.10 Å². The Hall–Kier alpha value is -2.94. The number of hydrogen-bond donors (Lipinski definition) is 1. The highest BCUT2D eigenvalue weighted by molar-refractivity contribution is 7.92. The SMILES string of the molecule is CCOC(=O)c1ccccc1NC(=O)C(C)N(c1ccc(F)cc1)S(C)(=O)=O. The van der Waals surface area contributed by atoms with E-state index in [4.69, 9.17) is 4.74 Å². The lowest BCUT2D eigenvalue weighted by Gasteiger charge is -2.28. The van der Waals surface area contributed by atoms with Crippen LogP contribution in [0.15, 0.2) is 48.5 Å². The average molecular weight is 408 g/mol. The molecule has 0 fully saturated rings. The first-order valence-corrected chi connectivity index (χ1v) is 10.3. The normalized spacial score (nSPS) is 12.1. The summed E-state index contributed by atoms with van der Waals surface area (Å²) in [4.78, 5) is 24.8. The Morgan fingerprint density at radius 3 is 2.32 bits per heavy atom. The molecule has 9 heteroatoms. The molecule has 2 aromatic rings. The van der Waals surface area contributed by atoms with Gasteiger partial charge in [-0.05, 0) is 50.2 Å². The molecule has 0 bridgehead atoms. The monoisotopic (exact) mass is 408 g/mol. The lowest BCUT2D eigenvalue weighted by molar-refractivity contribution is -0.116. The van der Waals surface area contributed by atoms with Crippen molar-refractivity contribution in [2.75, 3.05) is 22.5 Å². The smallest absolute Gasteiger partial charge is 0.340 e. The van der Waals surface area contributed by atoms with E-state index in [2.05, 4.69) is 5.32 Å². The van der Waals surface area contributed by atoms with Gasteiger partial charge < -0.3 is 10.1 Å². The average Bonchev–Trinajstić information content (AvgIpc) is 2.63. The van der Waals surface area contributed by atoms with Gasteiger partial charge in [-0.2, -0.15) is 0 Å².